The number of phenolic OH excluding ortho intramolecular Hbond substituents is 1. The van der Waals surface area contributed by atoms with Crippen molar-refractivity contribution in [2.75, 3.05) is 38.2 Å². The van der Waals surface area contributed by atoms with Gasteiger partial charge in [0.1, 0.15) is 23.7 Å². The lowest BCUT2D eigenvalue weighted by Crippen LogP contribution is -2.61. The first kappa shape index (κ1) is 24.8. The topological polar surface area (TPSA) is 73.8 Å². The number of anilines is 1. The van der Waals surface area contributed by atoms with Crippen LogP contribution < -0.4 is 15.0 Å². The molecule has 0 unspecified atom stereocenters. The maximum atomic E-state index is 16.6. The number of piperidine rings is 2. The summed E-state index contributed by atoms with van der Waals surface area (Å²) in [6, 6.07) is 13.7. The second-order valence-electron chi connectivity index (χ2n) is 11.1. The number of nitrogens with one attached hydrogen (secondary N) is 1. The van der Waals surface area contributed by atoms with Crippen molar-refractivity contribution in [2.24, 2.45) is 0 Å². The maximum absolute atomic E-state index is 16.6. The fraction of sp³-hybridized carbons (Fsp3) is 0.400. The van der Waals surface area contributed by atoms with Crippen LogP contribution in [0.1, 0.15) is 25.7 Å². The monoisotopic (exact) mass is 547 g/mol. The normalized spacial score (nSPS) is 23.3. The van der Waals surface area contributed by atoms with Crippen LogP contribution >= 0.6 is 11.6 Å². The molecule has 39 heavy (non-hydrogen) atoms. The van der Waals surface area contributed by atoms with Crippen molar-refractivity contribution < 1.29 is 14.2 Å². The number of rotatable bonds is 5. The van der Waals surface area contributed by atoms with E-state index in [2.05, 4.69) is 27.1 Å². The third kappa shape index (κ3) is 4.35. The van der Waals surface area contributed by atoms with Crippen LogP contribution in [0.4, 0.5) is 10.2 Å². The summed E-state index contributed by atoms with van der Waals surface area (Å²) in [6.45, 7) is 3.15. The Hall–Kier alpha value is -3.20. The molecule has 4 aliphatic heterocycles. The van der Waals surface area contributed by atoms with Gasteiger partial charge in [0.05, 0.1) is 5.02 Å². The zero-order valence-corrected chi connectivity index (χ0v) is 22.6. The SMILES string of the molecule is CN1CCC[C@H]1COc1nc(N2C[C@H]3CC[C@@H]2CN3)c2cc(Cl)c(-c3cc(O)cc4ccccc34)c(F)c2n1. The largest absolute Gasteiger partial charge is 0.508 e. The number of piperazine rings is 1. The fourth-order valence-corrected chi connectivity index (χ4v) is 6.81. The van der Waals surface area contributed by atoms with Crippen molar-refractivity contribution in [3.05, 3.63) is 53.3 Å². The maximum Gasteiger partial charge on any atom is 0.319 e. The molecule has 8 rings (SSSR count). The smallest absolute Gasteiger partial charge is 0.319 e. The van der Waals surface area contributed by atoms with Gasteiger partial charge in [0, 0.05) is 42.2 Å². The molecule has 4 fully saturated rings. The molecule has 5 heterocycles. The van der Waals surface area contributed by atoms with Crippen LogP contribution in [0.2, 0.25) is 5.02 Å². The molecule has 4 aliphatic rings. The minimum absolute atomic E-state index is 0.0455. The third-order valence-electron chi connectivity index (χ3n) is 8.65. The van der Waals surface area contributed by atoms with E-state index in [0.717, 1.165) is 56.1 Å². The van der Waals surface area contributed by atoms with Crippen LogP contribution in [-0.4, -0.2) is 71.4 Å². The summed E-state index contributed by atoms with van der Waals surface area (Å²) in [5, 5.41) is 16.5. The standard InChI is InChI=1S/C30H31ClFN5O2/c1-36-10-4-6-20(36)16-39-30-34-28-24(29(35-30)37-15-18-8-9-19(37)14-33-18)13-25(31)26(27(28)32)23-12-21(38)11-17-5-2-3-7-22(17)23/h2-3,5,7,11-13,18-20,33,38H,4,6,8-10,14-16H2,1H3/t18-,19-,20+/m1/s1. The number of aromatic hydroxyl groups is 1. The highest BCUT2D eigenvalue weighted by atomic mass is 35.5. The minimum atomic E-state index is -0.542. The van der Waals surface area contributed by atoms with Crippen molar-refractivity contribution >= 4 is 39.1 Å². The molecule has 3 aromatic carbocycles. The average molecular weight is 548 g/mol. The van der Waals surface area contributed by atoms with E-state index >= 15 is 4.39 Å². The molecule has 202 valence electrons. The number of halogens is 2. The first-order valence-corrected chi connectivity index (χ1v) is 14.1. The van der Waals surface area contributed by atoms with E-state index in [0.29, 0.717) is 29.4 Å². The zero-order chi connectivity index (χ0) is 26.7. The van der Waals surface area contributed by atoms with Gasteiger partial charge >= 0.3 is 6.01 Å². The molecule has 0 radical (unpaired) electrons. The Labute approximate surface area is 231 Å². The molecule has 0 saturated carbocycles. The van der Waals surface area contributed by atoms with Crippen LogP contribution in [0.3, 0.4) is 0 Å². The zero-order valence-electron chi connectivity index (χ0n) is 21.8. The Morgan fingerprint density at radius 2 is 2.00 bits per heavy atom. The van der Waals surface area contributed by atoms with Crippen molar-refractivity contribution in [3.63, 3.8) is 0 Å². The van der Waals surface area contributed by atoms with Gasteiger partial charge in [0.15, 0.2) is 5.82 Å². The molecule has 2 N–H and O–H groups in total. The molecule has 3 atom stereocenters. The Morgan fingerprint density at radius 3 is 2.74 bits per heavy atom. The van der Waals surface area contributed by atoms with E-state index in [1.54, 1.807) is 18.2 Å². The summed E-state index contributed by atoms with van der Waals surface area (Å²) in [5.41, 5.74) is 0.909. The Morgan fingerprint density at radius 1 is 1.13 bits per heavy atom. The van der Waals surface area contributed by atoms with Crippen LogP contribution in [0.5, 0.6) is 11.8 Å². The fourth-order valence-electron chi connectivity index (χ4n) is 6.52. The predicted octanol–water partition coefficient (Wildman–Crippen LogP) is 5.36. The van der Waals surface area contributed by atoms with Gasteiger partial charge < -0.3 is 25.0 Å². The van der Waals surface area contributed by atoms with Gasteiger partial charge in [-0.15, -0.1) is 0 Å². The molecular weight excluding hydrogens is 517 g/mol. The van der Waals surface area contributed by atoms with E-state index in [1.165, 1.54) is 0 Å². The predicted molar refractivity (Wildman–Crippen MR) is 152 cm³/mol. The van der Waals surface area contributed by atoms with Gasteiger partial charge in [-0.25, -0.2) is 4.39 Å². The highest BCUT2D eigenvalue weighted by Crippen LogP contribution is 2.43. The molecule has 0 amide bonds. The molecule has 0 aliphatic carbocycles. The molecular formula is C30H31ClFN5O2. The number of phenols is 1. The Balaban J connectivity index is 1.40. The summed E-state index contributed by atoms with van der Waals surface area (Å²) < 4.78 is 22.8. The highest BCUT2D eigenvalue weighted by molar-refractivity contribution is 6.35. The van der Waals surface area contributed by atoms with Crippen LogP contribution in [0.15, 0.2) is 42.5 Å². The van der Waals surface area contributed by atoms with Crippen LogP contribution in [0, 0.1) is 5.82 Å². The van der Waals surface area contributed by atoms with Gasteiger partial charge in [-0.3, -0.25) is 0 Å². The first-order valence-electron chi connectivity index (χ1n) is 13.7. The van der Waals surface area contributed by atoms with Crippen LogP contribution in [-0.2, 0) is 0 Å². The number of ether oxygens (including phenoxy) is 1. The number of likely N-dealkylation sites (tertiary alicyclic amines) is 1. The molecule has 0 spiro atoms. The molecule has 4 aromatic rings. The average Bonchev–Trinajstić information content (AvgIpc) is 3.36. The van der Waals surface area contributed by atoms with Crippen molar-refractivity contribution in [1.29, 1.82) is 0 Å². The molecule has 4 saturated heterocycles. The Bertz CT molecular complexity index is 1570. The summed E-state index contributed by atoms with van der Waals surface area (Å²) >= 11 is 6.84. The quantitative estimate of drug-likeness (QED) is 0.348. The van der Waals surface area contributed by atoms with Crippen LogP contribution in [0.25, 0.3) is 32.8 Å². The first-order chi connectivity index (χ1) is 19.0. The third-order valence-corrected chi connectivity index (χ3v) is 8.95. The van der Waals surface area contributed by atoms with E-state index < -0.39 is 5.82 Å². The minimum Gasteiger partial charge on any atom is -0.508 e. The van der Waals surface area contributed by atoms with Crippen molar-refractivity contribution in [1.82, 2.24) is 20.2 Å². The van der Waals surface area contributed by atoms with Gasteiger partial charge in [-0.05, 0) is 73.8 Å². The number of benzene rings is 3. The van der Waals surface area contributed by atoms with E-state index in [9.17, 15) is 5.11 Å². The number of fused-ring (bicyclic) bond motifs is 5. The highest BCUT2D eigenvalue weighted by Gasteiger charge is 2.36. The number of nitrogens with zero attached hydrogens (tertiary/aromatic N) is 4. The van der Waals surface area contributed by atoms with E-state index in [-0.39, 0.29) is 39.9 Å². The van der Waals surface area contributed by atoms with Gasteiger partial charge in [-0.2, -0.15) is 9.97 Å². The number of likely N-dealkylation sites (N-methyl/N-ethyl adjacent to an activating group) is 1. The van der Waals surface area contributed by atoms with Crippen molar-refractivity contribution in [3.8, 4) is 22.9 Å². The van der Waals surface area contributed by atoms with E-state index in [4.69, 9.17) is 21.3 Å². The summed E-state index contributed by atoms with van der Waals surface area (Å²) in [4.78, 5) is 14.0. The summed E-state index contributed by atoms with van der Waals surface area (Å²) in [5.74, 6) is 0.170. The summed E-state index contributed by atoms with van der Waals surface area (Å²) in [6.07, 6.45) is 4.35. The lowest BCUT2D eigenvalue weighted by Gasteiger charge is -2.46. The van der Waals surface area contributed by atoms with E-state index in [1.807, 2.05) is 24.3 Å². The van der Waals surface area contributed by atoms with Gasteiger partial charge in [-0.1, -0.05) is 35.9 Å². The molecule has 7 nitrogen and oxygen atoms in total. The lowest BCUT2D eigenvalue weighted by atomic mass is 9.92. The Kier molecular flexibility index (Phi) is 6.21. The molecule has 2 bridgehead atoms. The van der Waals surface area contributed by atoms with Gasteiger partial charge in [0.25, 0.3) is 0 Å². The van der Waals surface area contributed by atoms with Gasteiger partial charge in [0.2, 0.25) is 0 Å². The second-order valence-corrected chi connectivity index (χ2v) is 11.5. The number of aromatic nitrogens is 2. The lowest BCUT2D eigenvalue weighted by molar-refractivity contribution is 0.188. The molecule has 1 aromatic heterocycles. The number of hydrogen-bond donors (Lipinski definition) is 2. The second kappa shape index (κ2) is 9.77. The van der Waals surface area contributed by atoms with Crippen molar-refractivity contribution in [2.45, 2.75) is 43.8 Å². The summed E-state index contributed by atoms with van der Waals surface area (Å²) in [7, 11) is 2.10. The number of hydrogen-bond acceptors (Lipinski definition) is 7. The molecule has 9 heteroatoms.